The summed E-state index contributed by atoms with van der Waals surface area (Å²) in [7, 11) is 0. The SMILES string of the molecule is CC1CCCCC1NC(=O)COC(=O)C1(c2ccccc2)CCCC1. The quantitative estimate of drug-likeness (QED) is 0.829. The van der Waals surface area contributed by atoms with Gasteiger partial charge in [-0.05, 0) is 37.2 Å². The highest BCUT2D eigenvalue weighted by Crippen LogP contribution is 2.42. The molecular formula is C21H29NO3. The summed E-state index contributed by atoms with van der Waals surface area (Å²) in [6, 6.07) is 10.1. The van der Waals surface area contributed by atoms with E-state index >= 15 is 0 Å². The molecule has 0 saturated heterocycles. The van der Waals surface area contributed by atoms with E-state index in [0.717, 1.165) is 50.5 Å². The Morgan fingerprint density at radius 1 is 1.08 bits per heavy atom. The summed E-state index contributed by atoms with van der Waals surface area (Å²) in [6.45, 7) is 2.01. The lowest BCUT2D eigenvalue weighted by atomic mass is 9.79. The number of hydrogen-bond acceptors (Lipinski definition) is 3. The Morgan fingerprint density at radius 3 is 2.44 bits per heavy atom. The number of esters is 1. The Bertz CT molecular complexity index is 592. The number of nitrogens with one attached hydrogen (secondary N) is 1. The number of benzene rings is 1. The Morgan fingerprint density at radius 2 is 1.76 bits per heavy atom. The van der Waals surface area contributed by atoms with Crippen LogP contribution in [0.4, 0.5) is 0 Å². The van der Waals surface area contributed by atoms with Crippen LogP contribution < -0.4 is 5.32 Å². The molecule has 1 aromatic rings. The van der Waals surface area contributed by atoms with Crippen LogP contribution in [0.2, 0.25) is 0 Å². The molecular weight excluding hydrogens is 314 g/mol. The summed E-state index contributed by atoms with van der Waals surface area (Å²) in [5, 5.41) is 3.05. The van der Waals surface area contributed by atoms with Gasteiger partial charge in [0.25, 0.3) is 5.91 Å². The zero-order valence-electron chi connectivity index (χ0n) is 15.1. The molecule has 136 valence electrons. The lowest BCUT2D eigenvalue weighted by molar-refractivity contribution is -0.154. The van der Waals surface area contributed by atoms with Crippen LogP contribution in [-0.2, 0) is 19.7 Å². The number of rotatable bonds is 5. The minimum Gasteiger partial charge on any atom is -0.455 e. The number of amides is 1. The highest BCUT2D eigenvalue weighted by molar-refractivity contribution is 5.86. The molecule has 0 spiro atoms. The fourth-order valence-electron chi connectivity index (χ4n) is 4.39. The average molecular weight is 343 g/mol. The van der Waals surface area contributed by atoms with Gasteiger partial charge in [0, 0.05) is 6.04 Å². The van der Waals surface area contributed by atoms with Crippen molar-refractivity contribution in [2.45, 2.75) is 69.7 Å². The summed E-state index contributed by atoms with van der Waals surface area (Å²) >= 11 is 0. The summed E-state index contributed by atoms with van der Waals surface area (Å²) < 4.78 is 5.47. The van der Waals surface area contributed by atoms with Gasteiger partial charge in [-0.2, -0.15) is 0 Å². The van der Waals surface area contributed by atoms with Crippen molar-refractivity contribution < 1.29 is 14.3 Å². The van der Waals surface area contributed by atoms with Gasteiger partial charge in [-0.25, -0.2) is 0 Å². The van der Waals surface area contributed by atoms with Crippen LogP contribution in [0.15, 0.2) is 30.3 Å². The number of carbonyl (C=O) groups is 2. The van der Waals surface area contributed by atoms with E-state index < -0.39 is 5.41 Å². The second-order valence-electron chi connectivity index (χ2n) is 7.67. The molecule has 2 aliphatic carbocycles. The molecule has 2 unspecified atom stereocenters. The maximum Gasteiger partial charge on any atom is 0.317 e. The van der Waals surface area contributed by atoms with E-state index in [1.54, 1.807) is 0 Å². The zero-order chi connectivity index (χ0) is 17.7. The molecule has 2 fully saturated rings. The van der Waals surface area contributed by atoms with Crippen LogP contribution in [0.3, 0.4) is 0 Å². The topological polar surface area (TPSA) is 55.4 Å². The fraction of sp³-hybridized carbons (Fsp3) is 0.619. The molecule has 2 aliphatic rings. The van der Waals surface area contributed by atoms with Crippen molar-refractivity contribution in [1.82, 2.24) is 5.32 Å². The molecule has 0 aliphatic heterocycles. The lowest BCUT2D eigenvalue weighted by Crippen LogP contribution is -2.44. The van der Waals surface area contributed by atoms with Gasteiger partial charge in [-0.15, -0.1) is 0 Å². The number of carbonyl (C=O) groups excluding carboxylic acids is 2. The average Bonchev–Trinajstić information content (AvgIpc) is 3.13. The predicted molar refractivity (Wildman–Crippen MR) is 97.1 cm³/mol. The van der Waals surface area contributed by atoms with Crippen LogP contribution in [0.25, 0.3) is 0 Å². The van der Waals surface area contributed by atoms with Crippen LogP contribution in [0.5, 0.6) is 0 Å². The van der Waals surface area contributed by atoms with Gasteiger partial charge in [0.05, 0.1) is 5.41 Å². The summed E-state index contributed by atoms with van der Waals surface area (Å²) in [5.74, 6) is 0.0789. The number of ether oxygens (including phenoxy) is 1. The van der Waals surface area contributed by atoms with E-state index in [2.05, 4.69) is 12.2 Å². The Balaban J connectivity index is 1.58. The van der Waals surface area contributed by atoms with Gasteiger partial charge in [-0.3, -0.25) is 9.59 Å². The molecule has 0 heterocycles. The van der Waals surface area contributed by atoms with Crippen molar-refractivity contribution in [1.29, 1.82) is 0 Å². The molecule has 1 amide bonds. The van der Waals surface area contributed by atoms with Crippen molar-refractivity contribution in [3.05, 3.63) is 35.9 Å². The van der Waals surface area contributed by atoms with Gasteiger partial charge < -0.3 is 10.1 Å². The largest absolute Gasteiger partial charge is 0.455 e. The first-order valence-corrected chi connectivity index (χ1v) is 9.64. The van der Waals surface area contributed by atoms with Crippen LogP contribution >= 0.6 is 0 Å². The fourth-order valence-corrected chi connectivity index (χ4v) is 4.39. The predicted octanol–water partition coefficient (Wildman–Crippen LogP) is 3.74. The lowest BCUT2D eigenvalue weighted by Gasteiger charge is -2.30. The Labute approximate surface area is 150 Å². The second kappa shape index (κ2) is 8.03. The number of hydrogen-bond donors (Lipinski definition) is 1. The third kappa shape index (κ3) is 4.05. The third-order valence-corrected chi connectivity index (χ3v) is 5.97. The smallest absolute Gasteiger partial charge is 0.317 e. The highest BCUT2D eigenvalue weighted by atomic mass is 16.5. The Kier molecular flexibility index (Phi) is 5.77. The maximum atomic E-state index is 12.8. The summed E-state index contributed by atoms with van der Waals surface area (Å²) in [4.78, 5) is 25.1. The van der Waals surface area contributed by atoms with E-state index in [4.69, 9.17) is 4.74 Å². The van der Waals surface area contributed by atoms with Gasteiger partial charge >= 0.3 is 5.97 Å². The van der Waals surface area contributed by atoms with Gasteiger partial charge in [0.1, 0.15) is 0 Å². The molecule has 1 aromatic carbocycles. The summed E-state index contributed by atoms with van der Waals surface area (Å²) in [5.41, 5.74) is 0.443. The summed E-state index contributed by atoms with van der Waals surface area (Å²) in [6.07, 6.45) is 8.23. The third-order valence-electron chi connectivity index (χ3n) is 5.97. The molecule has 25 heavy (non-hydrogen) atoms. The van der Waals surface area contributed by atoms with E-state index in [9.17, 15) is 9.59 Å². The van der Waals surface area contributed by atoms with Crippen LogP contribution in [-0.4, -0.2) is 24.5 Å². The van der Waals surface area contributed by atoms with Crippen LogP contribution in [0, 0.1) is 5.92 Å². The molecule has 2 atom stereocenters. The minimum absolute atomic E-state index is 0.170. The molecule has 0 bridgehead atoms. The van der Waals surface area contributed by atoms with Crippen molar-refractivity contribution >= 4 is 11.9 Å². The standard InChI is InChI=1S/C21H29NO3/c1-16-9-5-6-12-18(16)22-19(23)15-25-20(24)21(13-7-8-14-21)17-10-3-2-4-11-17/h2-4,10-11,16,18H,5-9,12-15H2,1H3,(H,22,23). The monoisotopic (exact) mass is 343 g/mol. The van der Waals surface area contributed by atoms with E-state index in [1.165, 1.54) is 6.42 Å². The van der Waals surface area contributed by atoms with Gasteiger partial charge in [-0.1, -0.05) is 62.9 Å². The van der Waals surface area contributed by atoms with E-state index in [-0.39, 0.29) is 24.5 Å². The Hall–Kier alpha value is -1.84. The van der Waals surface area contributed by atoms with Gasteiger partial charge in [0.15, 0.2) is 6.61 Å². The first-order chi connectivity index (χ1) is 12.1. The minimum atomic E-state index is -0.570. The van der Waals surface area contributed by atoms with Crippen molar-refractivity contribution in [2.75, 3.05) is 6.61 Å². The van der Waals surface area contributed by atoms with E-state index in [1.807, 2.05) is 30.3 Å². The van der Waals surface area contributed by atoms with Crippen LogP contribution in [0.1, 0.15) is 63.9 Å². The first kappa shape index (κ1) is 18.0. The highest BCUT2D eigenvalue weighted by Gasteiger charge is 2.44. The zero-order valence-corrected chi connectivity index (χ0v) is 15.1. The molecule has 0 radical (unpaired) electrons. The van der Waals surface area contributed by atoms with E-state index in [0.29, 0.717) is 5.92 Å². The second-order valence-corrected chi connectivity index (χ2v) is 7.67. The molecule has 3 rings (SSSR count). The van der Waals surface area contributed by atoms with Crippen molar-refractivity contribution in [3.8, 4) is 0 Å². The molecule has 2 saturated carbocycles. The molecule has 4 nitrogen and oxygen atoms in total. The van der Waals surface area contributed by atoms with Crippen molar-refractivity contribution in [2.24, 2.45) is 5.92 Å². The van der Waals surface area contributed by atoms with Gasteiger partial charge in [0.2, 0.25) is 0 Å². The normalized spacial score (nSPS) is 25.3. The molecule has 1 N–H and O–H groups in total. The molecule has 4 heteroatoms. The first-order valence-electron chi connectivity index (χ1n) is 9.64. The molecule has 0 aromatic heterocycles. The maximum absolute atomic E-state index is 12.8. The van der Waals surface area contributed by atoms with Crippen molar-refractivity contribution in [3.63, 3.8) is 0 Å².